The highest BCUT2D eigenvalue weighted by atomic mass is 79.9. The van der Waals surface area contributed by atoms with Gasteiger partial charge in [0.25, 0.3) is 0 Å². The average Bonchev–Trinajstić information content (AvgIpc) is 2.46. The van der Waals surface area contributed by atoms with E-state index in [0.29, 0.717) is 16.6 Å². The summed E-state index contributed by atoms with van der Waals surface area (Å²) in [5.74, 6) is -0.230. The van der Waals surface area contributed by atoms with Gasteiger partial charge in [0, 0.05) is 22.3 Å². The van der Waals surface area contributed by atoms with Crippen molar-refractivity contribution in [2.75, 3.05) is 5.32 Å². The third-order valence-electron chi connectivity index (χ3n) is 2.74. The van der Waals surface area contributed by atoms with Crippen molar-refractivity contribution in [3.8, 4) is 0 Å². The summed E-state index contributed by atoms with van der Waals surface area (Å²) in [7, 11) is 0. The molecule has 104 valence electrons. The van der Waals surface area contributed by atoms with Crippen LogP contribution in [0.3, 0.4) is 0 Å². The Kier molecular flexibility index (Phi) is 4.57. The lowest BCUT2D eigenvalue weighted by atomic mass is 10.1. The fourth-order valence-corrected chi connectivity index (χ4v) is 2.22. The Bertz CT molecular complexity index is 646. The van der Waals surface area contributed by atoms with E-state index < -0.39 is 0 Å². The summed E-state index contributed by atoms with van der Waals surface area (Å²) in [5.41, 5.74) is 7.94. The summed E-state index contributed by atoms with van der Waals surface area (Å²) in [6.07, 6.45) is 0. The Hall–Kier alpha value is -2.08. The zero-order valence-electron chi connectivity index (χ0n) is 10.5. The molecule has 20 heavy (non-hydrogen) atoms. The molecule has 0 aliphatic carbocycles. The Morgan fingerprint density at radius 1 is 1.30 bits per heavy atom. The fourth-order valence-electron chi connectivity index (χ4n) is 1.73. The van der Waals surface area contributed by atoms with Crippen molar-refractivity contribution in [3.63, 3.8) is 0 Å². The zero-order valence-corrected chi connectivity index (χ0v) is 12.1. The summed E-state index contributed by atoms with van der Waals surface area (Å²) in [5, 5.41) is 14.8. The van der Waals surface area contributed by atoms with Crippen LogP contribution in [0.2, 0.25) is 0 Å². The van der Waals surface area contributed by atoms with Gasteiger partial charge in [-0.1, -0.05) is 23.4 Å². The summed E-state index contributed by atoms with van der Waals surface area (Å²) < 4.78 is 13.6. The van der Waals surface area contributed by atoms with Crippen molar-refractivity contribution in [2.45, 2.75) is 6.54 Å². The lowest BCUT2D eigenvalue weighted by molar-refractivity contribution is 0.318. The van der Waals surface area contributed by atoms with Gasteiger partial charge in [0.2, 0.25) is 0 Å². The van der Waals surface area contributed by atoms with Crippen LogP contribution in [0.15, 0.2) is 52.1 Å². The van der Waals surface area contributed by atoms with Gasteiger partial charge < -0.3 is 16.3 Å². The molecular weight excluding hydrogens is 325 g/mol. The Labute approximate surface area is 124 Å². The number of benzene rings is 2. The van der Waals surface area contributed by atoms with Crippen LogP contribution < -0.4 is 11.1 Å². The van der Waals surface area contributed by atoms with Crippen molar-refractivity contribution in [2.24, 2.45) is 10.9 Å². The second kappa shape index (κ2) is 6.38. The molecule has 2 aromatic carbocycles. The van der Waals surface area contributed by atoms with E-state index in [9.17, 15) is 4.39 Å². The molecule has 0 atom stereocenters. The van der Waals surface area contributed by atoms with Gasteiger partial charge in [-0.15, -0.1) is 0 Å². The topological polar surface area (TPSA) is 70.6 Å². The Morgan fingerprint density at radius 2 is 2.10 bits per heavy atom. The van der Waals surface area contributed by atoms with Crippen LogP contribution in [0.5, 0.6) is 0 Å². The van der Waals surface area contributed by atoms with Crippen LogP contribution in [0.1, 0.15) is 11.1 Å². The third-order valence-corrected chi connectivity index (χ3v) is 3.40. The molecular formula is C14H13BrFN3O. The third kappa shape index (κ3) is 3.48. The predicted octanol–water partition coefficient (Wildman–Crippen LogP) is 3.29. The van der Waals surface area contributed by atoms with E-state index in [1.54, 1.807) is 12.1 Å². The fraction of sp³-hybridized carbons (Fsp3) is 0.0714. The number of nitrogens with one attached hydrogen (secondary N) is 1. The van der Waals surface area contributed by atoms with Gasteiger partial charge in [0.05, 0.1) is 0 Å². The lowest BCUT2D eigenvalue weighted by Gasteiger charge is -2.09. The standard InChI is InChI=1S/C14H13BrFN3O/c15-12-7-11(16)4-5-13(12)18-8-9-2-1-3-10(6-9)14(17)19-20/h1-7,18,20H,8H2,(H2,17,19). The van der Waals surface area contributed by atoms with E-state index >= 15 is 0 Å². The normalized spacial score (nSPS) is 11.4. The van der Waals surface area contributed by atoms with E-state index in [-0.39, 0.29) is 11.7 Å². The molecule has 2 rings (SSSR count). The SMILES string of the molecule is NC(=NO)c1cccc(CNc2ccc(F)cc2Br)c1. The molecule has 0 aromatic heterocycles. The number of halogens is 2. The maximum atomic E-state index is 13.0. The molecule has 0 fully saturated rings. The molecule has 0 saturated carbocycles. The number of oxime groups is 1. The molecule has 0 spiro atoms. The van der Waals surface area contributed by atoms with Crippen LogP contribution in [-0.4, -0.2) is 11.0 Å². The summed E-state index contributed by atoms with van der Waals surface area (Å²) in [4.78, 5) is 0. The second-order valence-electron chi connectivity index (χ2n) is 4.16. The average molecular weight is 338 g/mol. The zero-order chi connectivity index (χ0) is 14.5. The molecule has 2 aromatic rings. The Morgan fingerprint density at radius 3 is 2.80 bits per heavy atom. The van der Waals surface area contributed by atoms with Crippen LogP contribution in [0.25, 0.3) is 0 Å². The number of anilines is 1. The highest BCUT2D eigenvalue weighted by Crippen LogP contribution is 2.23. The highest BCUT2D eigenvalue weighted by molar-refractivity contribution is 9.10. The van der Waals surface area contributed by atoms with Gasteiger partial charge in [-0.25, -0.2) is 4.39 Å². The van der Waals surface area contributed by atoms with Crippen LogP contribution in [-0.2, 0) is 6.54 Å². The molecule has 0 unspecified atom stereocenters. The van der Waals surface area contributed by atoms with Crippen LogP contribution >= 0.6 is 15.9 Å². The van der Waals surface area contributed by atoms with Crippen LogP contribution in [0, 0.1) is 5.82 Å². The van der Waals surface area contributed by atoms with Crippen molar-refractivity contribution >= 4 is 27.5 Å². The van der Waals surface area contributed by atoms with Gasteiger partial charge >= 0.3 is 0 Å². The van der Waals surface area contributed by atoms with Crippen molar-refractivity contribution < 1.29 is 9.60 Å². The number of amidine groups is 1. The summed E-state index contributed by atoms with van der Waals surface area (Å²) in [6.45, 7) is 0.538. The molecule has 0 aliphatic heterocycles. The summed E-state index contributed by atoms with van der Waals surface area (Å²) in [6, 6.07) is 11.8. The molecule has 4 N–H and O–H groups in total. The van der Waals surface area contributed by atoms with Gasteiger partial charge in [0.1, 0.15) is 5.82 Å². The van der Waals surface area contributed by atoms with Crippen molar-refractivity contribution in [3.05, 3.63) is 63.9 Å². The first kappa shape index (κ1) is 14.3. The molecule has 0 saturated heterocycles. The minimum Gasteiger partial charge on any atom is -0.409 e. The highest BCUT2D eigenvalue weighted by Gasteiger charge is 2.03. The predicted molar refractivity (Wildman–Crippen MR) is 80.4 cm³/mol. The summed E-state index contributed by atoms with van der Waals surface area (Å²) >= 11 is 3.29. The molecule has 0 amide bonds. The van der Waals surface area contributed by atoms with E-state index in [2.05, 4.69) is 26.4 Å². The first-order valence-electron chi connectivity index (χ1n) is 5.86. The van der Waals surface area contributed by atoms with Crippen LogP contribution in [0.4, 0.5) is 10.1 Å². The first-order valence-corrected chi connectivity index (χ1v) is 6.65. The van der Waals surface area contributed by atoms with Crippen molar-refractivity contribution in [1.29, 1.82) is 0 Å². The minimum absolute atomic E-state index is 0.0646. The van der Waals surface area contributed by atoms with Gasteiger partial charge in [-0.2, -0.15) is 0 Å². The Balaban J connectivity index is 2.11. The number of rotatable bonds is 4. The smallest absolute Gasteiger partial charge is 0.170 e. The van der Waals surface area contributed by atoms with E-state index in [1.807, 2.05) is 18.2 Å². The minimum atomic E-state index is -0.295. The van der Waals surface area contributed by atoms with E-state index in [0.717, 1.165) is 11.3 Å². The first-order chi connectivity index (χ1) is 9.60. The number of hydrogen-bond donors (Lipinski definition) is 3. The van der Waals surface area contributed by atoms with Gasteiger partial charge in [0.15, 0.2) is 5.84 Å². The molecule has 6 heteroatoms. The number of hydrogen-bond acceptors (Lipinski definition) is 3. The number of nitrogens with two attached hydrogens (primary N) is 1. The monoisotopic (exact) mass is 337 g/mol. The van der Waals surface area contributed by atoms with E-state index in [1.165, 1.54) is 12.1 Å². The van der Waals surface area contributed by atoms with Gasteiger partial charge in [-0.3, -0.25) is 0 Å². The molecule has 0 heterocycles. The maximum Gasteiger partial charge on any atom is 0.170 e. The van der Waals surface area contributed by atoms with Crippen molar-refractivity contribution in [1.82, 2.24) is 0 Å². The van der Waals surface area contributed by atoms with Gasteiger partial charge in [-0.05, 0) is 45.8 Å². The largest absolute Gasteiger partial charge is 0.409 e. The van der Waals surface area contributed by atoms with E-state index in [4.69, 9.17) is 10.9 Å². The maximum absolute atomic E-state index is 13.0. The molecule has 0 aliphatic rings. The molecule has 0 radical (unpaired) electrons. The molecule has 0 bridgehead atoms. The second-order valence-corrected chi connectivity index (χ2v) is 5.02. The lowest BCUT2D eigenvalue weighted by Crippen LogP contribution is -2.13. The molecule has 4 nitrogen and oxygen atoms in total. The quantitative estimate of drug-likeness (QED) is 0.347. The number of nitrogens with zero attached hydrogens (tertiary/aromatic N) is 1.